The maximum absolute atomic E-state index is 12.2. The first kappa shape index (κ1) is 14.2. The Morgan fingerprint density at radius 3 is 3.05 bits per heavy atom. The van der Waals surface area contributed by atoms with Gasteiger partial charge in [-0.3, -0.25) is 19.7 Å². The molecule has 1 saturated heterocycles. The summed E-state index contributed by atoms with van der Waals surface area (Å²) in [5.41, 5.74) is -1.34. The summed E-state index contributed by atoms with van der Waals surface area (Å²) in [4.78, 5) is 37.3. The third-order valence-electron chi connectivity index (χ3n) is 2.96. The first-order valence-corrected chi connectivity index (χ1v) is 5.91. The highest BCUT2D eigenvalue weighted by Gasteiger charge is 2.27. The van der Waals surface area contributed by atoms with Crippen molar-refractivity contribution in [2.45, 2.75) is 6.10 Å². The van der Waals surface area contributed by atoms with E-state index in [-0.39, 0.29) is 37.6 Å². The Hall–Kier alpha value is -2.26. The Labute approximate surface area is 112 Å². The number of hydrogen-bond acceptors (Lipinski definition) is 6. The highest BCUT2D eigenvalue weighted by molar-refractivity contribution is 5.94. The number of rotatable bonds is 3. The fraction of sp³-hybridized carbons (Fsp3) is 0.455. The zero-order valence-corrected chi connectivity index (χ0v) is 10.4. The second kappa shape index (κ2) is 5.80. The molecule has 9 heteroatoms. The molecule has 1 unspecified atom stereocenters. The number of amides is 1. The molecule has 0 bridgehead atoms. The van der Waals surface area contributed by atoms with Crippen LogP contribution in [0.1, 0.15) is 10.4 Å². The normalized spacial score (nSPS) is 18.9. The van der Waals surface area contributed by atoms with Crippen molar-refractivity contribution in [3.8, 4) is 0 Å². The van der Waals surface area contributed by atoms with Crippen LogP contribution in [0.5, 0.6) is 0 Å². The molecular formula is C11H13N3O6. The van der Waals surface area contributed by atoms with Gasteiger partial charge in [0.15, 0.2) is 0 Å². The Balaban J connectivity index is 2.26. The summed E-state index contributed by atoms with van der Waals surface area (Å²) in [7, 11) is 0. The number of carbonyl (C=O) groups excluding carboxylic acids is 1. The van der Waals surface area contributed by atoms with E-state index >= 15 is 0 Å². The molecule has 0 aromatic carbocycles. The lowest BCUT2D eigenvalue weighted by Crippen LogP contribution is -2.48. The van der Waals surface area contributed by atoms with Gasteiger partial charge in [-0.05, 0) is 0 Å². The van der Waals surface area contributed by atoms with Crippen molar-refractivity contribution < 1.29 is 19.6 Å². The molecule has 0 saturated carbocycles. The predicted molar refractivity (Wildman–Crippen MR) is 66.4 cm³/mol. The van der Waals surface area contributed by atoms with Gasteiger partial charge >= 0.3 is 0 Å². The van der Waals surface area contributed by atoms with Gasteiger partial charge in [-0.1, -0.05) is 0 Å². The third-order valence-corrected chi connectivity index (χ3v) is 2.96. The van der Waals surface area contributed by atoms with Gasteiger partial charge in [0.05, 0.1) is 30.4 Å². The standard InChI is InChI=1S/C11H13N3O6/c15-6-8-5-13(1-2-20-8)11(17)9-3-7(14(18)19)4-12-10(9)16/h3-4,8,15H,1-2,5-6H2,(H,12,16). The van der Waals surface area contributed by atoms with Crippen molar-refractivity contribution in [2.24, 2.45) is 0 Å². The zero-order valence-electron chi connectivity index (χ0n) is 10.4. The van der Waals surface area contributed by atoms with Gasteiger partial charge in [0.1, 0.15) is 5.56 Å². The highest BCUT2D eigenvalue weighted by atomic mass is 16.6. The zero-order chi connectivity index (χ0) is 14.7. The largest absolute Gasteiger partial charge is 0.394 e. The Kier molecular flexibility index (Phi) is 4.11. The highest BCUT2D eigenvalue weighted by Crippen LogP contribution is 2.12. The van der Waals surface area contributed by atoms with E-state index < -0.39 is 22.5 Å². The second-order valence-electron chi connectivity index (χ2n) is 4.28. The molecular weight excluding hydrogens is 270 g/mol. The van der Waals surface area contributed by atoms with Crippen molar-refractivity contribution >= 4 is 11.6 Å². The van der Waals surface area contributed by atoms with Crippen LogP contribution in [-0.4, -0.2) is 58.2 Å². The quantitative estimate of drug-likeness (QED) is 0.548. The maximum Gasteiger partial charge on any atom is 0.286 e. The summed E-state index contributed by atoms with van der Waals surface area (Å²) >= 11 is 0. The number of ether oxygens (including phenoxy) is 1. The number of pyridine rings is 1. The van der Waals surface area contributed by atoms with Crippen LogP contribution in [0.25, 0.3) is 0 Å². The van der Waals surface area contributed by atoms with E-state index in [1.165, 1.54) is 4.90 Å². The van der Waals surface area contributed by atoms with Crippen molar-refractivity contribution in [2.75, 3.05) is 26.3 Å². The van der Waals surface area contributed by atoms with E-state index in [1.54, 1.807) is 0 Å². The fourth-order valence-corrected chi connectivity index (χ4v) is 1.92. The average Bonchev–Trinajstić information content (AvgIpc) is 2.46. The fourth-order valence-electron chi connectivity index (χ4n) is 1.92. The van der Waals surface area contributed by atoms with Gasteiger partial charge in [-0.15, -0.1) is 0 Å². The van der Waals surface area contributed by atoms with Crippen LogP contribution in [0.4, 0.5) is 5.69 Å². The van der Waals surface area contributed by atoms with Crippen LogP contribution in [0.3, 0.4) is 0 Å². The number of aliphatic hydroxyl groups excluding tert-OH is 1. The second-order valence-corrected chi connectivity index (χ2v) is 4.28. The monoisotopic (exact) mass is 283 g/mol. The van der Waals surface area contributed by atoms with Crippen molar-refractivity contribution in [1.29, 1.82) is 0 Å². The third kappa shape index (κ3) is 2.83. The number of aromatic amines is 1. The van der Waals surface area contributed by atoms with Crippen LogP contribution < -0.4 is 5.56 Å². The number of nitrogens with zero attached hydrogens (tertiary/aromatic N) is 2. The summed E-state index contributed by atoms with van der Waals surface area (Å²) in [5.74, 6) is -0.614. The lowest BCUT2D eigenvalue weighted by Gasteiger charge is -2.31. The molecule has 108 valence electrons. The number of carbonyl (C=O) groups is 1. The first-order valence-electron chi connectivity index (χ1n) is 5.91. The predicted octanol–water partition coefficient (Wildman–Crippen LogP) is -0.884. The molecule has 1 aromatic heterocycles. The van der Waals surface area contributed by atoms with Crippen molar-refractivity contribution in [3.63, 3.8) is 0 Å². The van der Waals surface area contributed by atoms with Gasteiger partial charge in [-0.2, -0.15) is 0 Å². The van der Waals surface area contributed by atoms with E-state index in [0.717, 1.165) is 12.3 Å². The lowest BCUT2D eigenvalue weighted by molar-refractivity contribution is -0.385. The smallest absolute Gasteiger partial charge is 0.286 e. The van der Waals surface area contributed by atoms with Crippen LogP contribution in [0.2, 0.25) is 0 Å². The Morgan fingerprint density at radius 2 is 2.40 bits per heavy atom. The van der Waals surface area contributed by atoms with E-state index in [0.29, 0.717) is 0 Å². The molecule has 2 rings (SSSR count). The van der Waals surface area contributed by atoms with E-state index in [1.807, 2.05) is 0 Å². The molecule has 2 heterocycles. The van der Waals surface area contributed by atoms with Gasteiger partial charge in [-0.25, -0.2) is 0 Å². The van der Waals surface area contributed by atoms with E-state index in [4.69, 9.17) is 9.84 Å². The summed E-state index contributed by atoms with van der Waals surface area (Å²) in [6.07, 6.45) is 0.431. The maximum atomic E-state index is 12.2. The van der Waals surface area contributed by atoms with Gasteiger partial charge in [0, 0.05) is 19.2 Å². The molecule has 1 amide bonds. The van der Waals surface area contributed by atoms with Gasteiger partial charge in [0.25, 0.3) is 17.2 Å². The number of hydrogen-bond donors (Lipinski definition) is 2. The minimum Gasteiger partial charge on any atom is -0.394 e. The molecule has 0 radical (unpaired) electrons. The molecule has 1 fully saturated rings. The van der Waals surface area contributed by atoms with Crippen LogP contribution in [0, 0.1) is 10.1 Å². The number of H-pyrrole nitrogens is 1. The summed E-state index contributed by atoms with van der Waals surface area (Å²) in [6.45, 7) is 0.397. The minimum absolute atomic E-state index is 0.136. The van der Waals surface area contributed by atoms with E-state index in [9.17, 15) is 19.7 Å². The van der Waals surface area contributed by atoms with Crippen LogP contribution >= 0.6 is 0 Å². The average molecular weight is 283 g/mol. The number of aromatic nitrogens is 1. The Bertz CT molecular complexity index is 584. The molecule has 1 aliphatic rings. The number of nitrogens with one attached hydrogen (secondary N) is 1. The van der Waals surface area contributed by atoms with Crippen molar-refractivity contribution in [3.05, 3.63) is 38.3 Å². The van der Waals surface area contributed by atoms with E-state index in [2.05, 4.69) is 4.98 Å². The summed E-state index contributed by atoms with van der Waals surface area (Å²) in [6, 6.07) is 0.949. The molecule has 20 heavy (non-hydrogen) atoms. The van der Waals surface area contributed by atoms with Crippen molar-refractivity contribution in [1.82, 2.24) is 9.88 Å². The number of nitro groups is 1. The molecule has 0 aliphatic carbocycles. The lowest BCUT2D eigenvalue weighted by atomic mass is 10.2. The van der Waals surface area contributed by atoms with Gasteiger partial charge in [0.2, 0.25) is 0 Å². The van der Waals surface area contributed by atoms with Gasteiger partial charge < -0.3 is 19.7 Å². The van der Waals surface area contributed by atoms with Crippen LogP contribution in [-0.2, 0) is 4.74 Å². The first-order chi connectivity index (χ1) is 9.52. The molecule has 9 nitrogen and oxygen atoms in total. The SMILES string of the molecule is O=C(c1cc([N+](=O)[O-])c[nH]c1=O)N1CCOC(CO)C1. The minimum atomic E-state index is -0.692. The summed E-state index contributed by atoms with van der Waals surface area (Å²) in [5, 5.41) is 19.7. The molecule has 1 aromatic rings. The summed E-state index contributed by atoms with van der Waals surface area (Å²) < 4.78 is 5.20. The number of aliphatic hydroxyl groups is 1. The van der Waals surface area contributed by atoms with Crippen LogP contribution in [0.15, 0.2) is 17.1 Å². The number of morpholine rings is 1. The molecule has 2 N–H and O–H groups in total. The molecule has 1 aliphatic heterocycles. The molecule has 1 atom stereocenters. The topological polar surface area (TPSA) is 126 Å². The Morgan fingerprint density at radius 1 is 1.65 bits per heavy atom. The molecule has 0 spiro atoms.